The van der Waals surface area contributed by atoms with Crippen LogP contribution < -0.4 is 11.1 Å². The van der Waals surface area contributed by atoms with E-state index in [9.17, 15) is 19.5 Å². The van der Waals surface area contributed by atoms with Crippen LogP contribution in [0.4, 0.5) is 5.13 Å². The minimum Gasteiger partial charge on any atom is -0.477 e. The molecule has 17 heteroatoms. The fourth-order valence-corrected chi connectivity index (χ4v) is 6.97. The number of aromatic nitrogens is 5. The molecule has 2 aromatic heterocycles. The maximum Gasteiger partial charge on any atom is 0.352 e. The Bertz CT molecular complexity index is 1350. The molecule has 4 N–H and O–H groups in total. The van der Waals surface area contributed by atoms with Crippen LogP contribution in [0.5, 0.6) is 0 Å². The minimum atomic E-state index is -1.21. The van der Waals surface area contributed by atoms with Gasteiger partial charge in [0.1, 0.15) is 28.9 Å². The van der Waals surface area contributed by atoms with Gasteiger partial charge >= 0.3 is 5.97 Å². The van der Waals surface area contributed by atoms with Crippen LogP contribution in [-0.4, -0.2) is 87.7 Å². The fourth-order valence-electron chi connectivity index (χ4n) is 4.09. The number of anilines is 1. The Morgan fingerprint density at radius 1 is 1.42 bits per heavy atom. The van der Waals surface area contributed by atoms with Crippen LogP contribution in [0.25, 0.3) is 0 Å². The number of hydrogen-bond acceptors (Lipinski definition) is 13. The largest absolute Gasteiger partial charge is 0.477 e. The van der Waals surface area contributed by atoms with Gasteiger partial charge in [0.2, 0.25) is 5.16 Å². The second-order valence-corrected chi connectivity index (χ2v) is 11.4. The van der Waals surface area contributed by atoms with Gasteiger partial charge in [-0.05, 0) is 41.3 Å². The van der Waals surface area contributed by atoms with Crippen molar-refractivity contribution in [1.82, 2.24) is 35.4 Å². The Hall–Kier alpha value is -3.44. The predicted octanol–water partition coefficient (Wildman–Crippen LogP) is 0.609. The number of thiazole rings is 1. The van der Waals surface area contributed by atoms with Gasteiger partial charge in [-0.15, -0.1) is 28.2 Å². The molecule has 0 saturated carbocycles. The summed E-state index contributed by atoms with van der Waals surface area (Å²) in [5.41, 5.74) is 6.37. The van der Waals surface area contributed by atoms with Crippen LogP contribution >= 0.6 is 34.9 Å². The van der Waals surface area contributed by atoms with E-state index < -0.39 is 29.2 Å². The number of nitrogens with zero attached hydrogens (tertiary/aromatic N) is 7. The summed E-state index contributed by atoms with van der Waals surface area (Å²) < 4.78 is 1.48. The van der Waals surface area contributed by atoms with Crippen LogP contribution in [0.1, 0.15) is 25.0 Å². The molecule has 4 heterocycles. The number of carbonyl (C=O) groups is 3. The second kappa shape index (κ2) is 11.1. The zero-order valence-corrected chi connectivity index (χ0v) is 22.5. The molecule has 2 unspecified atom stereocenters. The van der Waals surface area contributed by atoms with E-state index in [-0.39, 0.29) is 28.3 Å². The van der Waals surface area contributed by atoms with Crippen LogP contribution in [0.3, 0.4) is 0 Å². The van der Waals surface area contributed by atoms with E-state index in [1.165, 1.54) is 33.1 Å². The Labute approximate surface area is 228 Å². The van der Waals surface area contributed by atoms with E-state index in [0.29, 0.717) is 22.2 Å². The van der Waals surface area contributed by atoms with E-state index >= 15 is 0 Å². The molecule has 14 nitrogen and oxygen atoms in total. The number of β-lactam (4-membered cyclic amide) rings is 1. The third kappa shape index (κ3) is 5.25. The number of oxime groups is 1. The first-order valence-corrected chi connectivity index (χ1v) is 14.4. The van der Waals surface area contributed by atoms with Crippen molar-refractivity contribution in [2.75, 3.05) is 17.2 Å². The fraction of sp³-hybridized carbons (Fsp3) is 0.429. The maximum absolute atomic E-state index is 13.2. The average Bonchev–Trinajstić information content (AvgIpc) is 3.53. The van der Waals surface area contributed by atoms with Crippen molar-refractivity contribution < 1.29 is 24.3 Å². The number of fused-ring (bicyclic) bond motifs is 1. The van der Waals surface area contributed by atoms with Gasteiger partial charge in [0.25, 0.3) is 11.8 Å². The normalized spacial score (nSPS) is 23.2. The maximum atomic E-state index is 13.2. The molecular formula is C21H23N9O5S3. The number of thioether (sulfide) groups is 2. The third-order valence-electron chi connectivity index (χ3n) is 5.96. The number of carbonyl (C=O) groups excluding carboxylic acids is 2. The van der Waals surface area contributed by atoms with Crippen molar-refractivity contribution in [3.63, 3.8) is 0 Å². The van der Waals surface area contributed by atoms with E-state index in [2.05, 4.69) is 31.0 Å². The number of allylic oxidation sites excluding steroid dienone is 1. The minimum absolute atomic E-state index is 0.0829. The topological polar surface area (TPSA) is 191 Å². The first kappa shape index (κ1) is 26.2. The summed E-state index contributed by atoms with van der Waals surface area (Å²) in [5, 5.41) is 29.7. The Morgan fingerprint density at radius 2 is 2.26 bits per heavy atom. The molecule has 1 aliphatic carbocycles. The van der Waals surface area contributed by atoms with Crippen LogP contribution in [0, 0.1) is 0 Å². The molecule has 5 rings (SSSR count). The highest BCUT2D eigenvalue weighted by Gasteiger charge is 2.54. The zero-order chi connectivity index (χ0) is 26.8. The molecule has 2 aromatic rings. The van der Waals surface area contributed by atoms with Crippen molar-refractivity contribution in [3.8, 4) is 0 Å². The molecular weight excluding hydrogens is 554 g/mol. The average molecular weight is 578 g/mol. The van der Waals surface area contributed by atoms with E-state index in [1.807, 2.05) is 12.2 Å². The number of rotatable bonds is 9. The number of aliphatic carboxylic acids is 1. The summed E-state index contributed by atoms with van der Waals surface area (Å²) in [6.07, 6.45) is 6.29. The molecule has 1 fully saturated rings. The Kier molecular flexibility index (Phi) is 7.66. The summed E-state index contributed by atoms with van der Waals surface area (Å²) in [4.78, 5) is 49.4. The molecule has 3 atom stereocenters. The monoisotopic (exact) mass is 577 g/mol. The number of carboxylic acid groups (broad SMARTS) is 1. The molecule has 0 aromatic carbocycles. The Morgan fingerprint density at radius 3 is 2.92 bits per heavy atom. The number of nitrogens with one attached hydrogen (secondary N) is 1. The number of carboxylic acids is 1. The smallest absolute Gasteiger partial charge is 0.352 e. The summed E-state index contributed by atoms with van der Waals surface area (Å²) in [7, 11) is 1.68. The second-order valence-electron chi connectivity index (χ2n) is 8.51. The van der Waals surface area contributed by atoms with Gasteiger partial charge in [0.05, 0.1) is 0 Å². The van der Waals surface area contributed by atoms with Crippen LogP contribution in [-0.2, 0) is 26.3 Å². The number of nitrogens with two attached hydrogens (primary N) is 1. The lowest BCUT2D eigenvalue weighted by Gasteiger charge is -2.49. The highest BCUT2D eigenvalue weighted by atomic mass is 32.2. The molecule has 2 amide bonds. The number of aryl methyl sites for hydroxylation is 1. The molecule has 38 heavy (non-hydrogen) atoms. The van der Waals surface area contributed by atoms with E-state index in [0.717, 1.165) is 30.6 Å². The van der Waals surface area contributed by atoms with Gasteiger partial charge in [-0.2, -0.15) is 0 Å². The lowest BCUT2D eigenvalue weighted by molar-refractivity contribution is -0.150. The van der Waals surface area contributed by atoms with Crippen LogP contribution in [0.15, 0.2) is 39.1 Å². The standard InChI is InChI=1S/C21H23N9O5S3/c1-29-21(25-27-28-29)38-8-10-7-36-18-14(17(32)30(18)15(10)19(33)34)24-16(31)13(12-9-37-20(22)23-12)26-35-11-5-3-2-4-6-11/h3,5,9,11,14,18H,2,4,6-8H2,1H3,(H2,22,23)(H,24,31)(H,33,34)/t11?,14?,18-/m0/s1. The molecule has 1 saturated heterocycles. The van der Waals surface area contributed by atoms with Crippen molar-refractivity contribution in [2.24, 2.45) is 12.2 Å². The first-order valence-electron chi connectivity index (χ1n) is 11.5. The Balaban J connectivity index is 1.31. The van der Waals surface area contributed by atoms with E-state index in [4.69, 9.17) is 10.6 Å². The SMILES string of the molecule is Cn1nnnc1SCC1=C(C(=O)O)N2C(=O)C(NC(=O)C(=NOC3C=CCCC3)c3csc(N)n3)[C@@H]2SC1. The van der Waals surface area contributed by atoms with Gasteiger partial charge in [0, 0.05) is 23.9 Å². The van der Waals surface area contributed by atoms with Gasteiger partial charge in [-0.3, -0.25) is 14.5 Å². The number of tetrazole rings is 1. The lowest BCUT2D eigenvalue weighted by Crippen LogP contribution is -2.71. The number of amides is 2. The number of nitrogen functional groups attached to an aromatic ring is 1. The molecule has 0 radical (unpaired) electrons. The summed E-state index contributed by atoms with van der Waals surface area (Å²) in [5.74, 6) is -1.74. The third-order valence-corrected chi connectivity index (χ3v) is 9.07. The molecule has 0 spiro atoms. The highest BCUT2D eigenvalue weighted by molar-refractivity contribution is 8.01. The van der Waals surface area contributed by atoms with Gasteiger partial charge in [-0.25, -0.2) is 14.5 Å². The van der Waals surface area contributed by atoms with Crippen molar-refractivity contribution >= 4 is 63.5 Å². The van der Waals surface area contributed by atoms with Gasteiger partial charge < -0.3 is 21.0 Å². The van der Waals surface area contributed by atoms with Gasteiger partial charge in [0.15, 0.2) is 10.8 Å². The highest BCUT2D eigenvalue weighted by Crippen LogP contribution is 2.41. The summed E-state index contributed by atoms with van der Waals surface area (Å²) in [6.45, 7) is 0. The molecule has 3 aliphatic rings. The quantitative estimate of drug-likeness (QED) is 0.124. The lowest BCUT2D eigenvalue weighted by atomic mass is 10.0. The molecule has 2 aliphatic heterocycles. The van der Waals surface area contributed by atoms with Crippen LogP contribution in [0.2, 0.25) is 0 Å². The molecule has 0 bridgehead atoms. The van der Waals surface area contributed by atoms with Crippen molar-refractivity contribution in [2.45, 2.75) is 41.9 Å². The zero-order valence-electron chi connectivity index (χ0n) is 20.0. The van der Waals surface area contributed by atoms with E-state index in [1.54, 1.807) is 12.4 Å². The predicted molar refractivity (Wildman–Crippen MR) is 140 cm³/mol. The van der Waals surface area contributed by atoms with Crippen molar-refractivity contribution in [3.05, 3.63) is 34.5 Å². The van der Waals surface area contributed by atoms with Crippen molar-refractivity contribution in [1.29, 1.82) is 0 Å². The van der Waals surface area contributed by atoms with Gasteiger partial charge in [-0.1, -0.05) is 23.0 Å². The summed E-state index contributed by atoms with van der Waals surface area (Å²) in [6, 6.07) is -0.935. The number of hydrogen-bond donors (Lipinski definition) is 3. The molecule has 200 valence electrons. The first-order chi connectivity index (χ1) is 18.3. The summed E-state index contributed by atoms with van der Waals surface area (Å²) >= 11 is 3.79.